The van der Waals surface area contributed by atoms with Crippen molar-refractivity contribution in [1.82, 2.24) is 5.32 Å². The van der Waals surface area contributed by atoms with Crippen molar-refractivity contribution in [1.29, 1.82) is 0 Å². The molecule has 4 nitrogen and oxygen atoms in total. The first-order valence-corrected chi connectivity index (χ1v) is 4.93. The highest BCUT2D eigenvalue weighted by Crippen LogP contribution is 2.03. The second-order valence-corrected chi connectivity index (χ2v) is 4.00. The van der Waals surface area contributed by atoms with E-state index in [1.54, 1.807) is 6.92 Å². The highest BCUT2D eigenvalue weighted by molar-refractivity contribution is 5.77. The summed E-state index contributed by atoms with van der Waals surface area (Å²) in [6.07, 6.45) is 1.29. The van der Waals surface area contributed by atoms with Crippen LogP contribution in [0.1, 0.15) is 40.0 Å². The maximum Gasteiger partial charge on any atom is 0.305 e. The van der Waals surface area contributed by atoms with E-state index in [0.717, 1.165) is 6.42 Å². The lowest BCUT2D eigenvalue weighted by molar-refractivity contribution is -0.137. The number of rotatable bonds is 6. The molecule has 1 atom stereocenters. The van der Waals surface area contributed by atoms with E-state index in [2.05, 4.69) is 5.32 Å². The topological polar surface area (TPSA) is 66.4 Å². The van der Waals surface area contributed by atoms with Crippen LogP contribution >= 0.6 is 0 Å². The van der Waals surface area contributed by atoms with Gasteiger partial charge < -0.3 is 10.4 Å². The Morgan fingerprint density at radius 2 is 1.86 bits per heavy atom. The first-order valence-electron chi connectivity index (χ1n) is 4.93. The molecule has 0 aromatic rings. The molecule has 0 rings (SSSR count). The smallest absolute Gasteiger partial charge is 0.305 e. The quantitative estimate of drug-likeness (QED) is 0.682. The average Bonchev–Trinajstić information content (AvgIpc) is 1.98. The van der Waals surface area contributed by atoms with E-state index in [1.807, 2.05) is 13.8 Å². The highest BCUT2D eigenvalue weighted by atomic mass is 16.4. The summed E-state index contributed by atoms with van der Waals surface area (Å²) < 4.78 is 0. The minimum Gasteiger partial charge on any atom is -0.481 e. The lowest BCUT2D eigenvalue weighted by Crippen LogP contribution is -2.34. The third-order valence-corrected chi connectivity index (χ3v) is 1.84. The molecule has 82 valence electrons. The SMILES string of the molecule is CC(C)CCC(=O)NC(C)CC(=O)O. The van der Waals surface area contributed by atoms with Crippen molar-refractivity contribution in [2.24, 2.45) is 5.92 Å². The fraction of sp³-hybridized carbons (Fsp3) is 0.800. The predicted molar refractivity (Wildman–Crippen MR) is 53.9 cm³/mol. The van der Waals surface area contributed by atoms with Crippen molar-refractivity contribution in [3.63, 3.8) is 0 Å². The van der Waals surface area contributed by atoms with Crippen molar-refractivity contribution < 1.29 is 14.7 Å². The van der Waals surface area contributed by atoms with Crippen LogP contribution in [0.3, 0.4) is 0 Å². The second kappa shape index (κ2) is 6.40. The van der Waals surface area contributed by atoms with E-state index in [9.17, 15) is 9.59 Å². The first-order chi connectivity index (χ1) is 6.41. The number of carboxylic acid groups (broad SMARTS) is 1. The van der Waals surface area contributed by atoms with Crippen LogP contribution in [0.4, 0.5) is 0 Å². The zero-order valence-corrected chi connectivity index (χ0v) is 9.04. The van der Waals surface area contributed by atoms with Gasteiger partial charge in [0.25, 0.3) is 0 Å². The molecular formula is C10H19NO3. The number of aliphatic carboxylic acids is 1. The average molecular weight is 201 g/mol. The molecule has 0 fully saturated rings. The maximum absolute atomic E-state index is 11.2. The molecule has 0 aliphatic heterocycles. The minimum atomic E-state index is -0.887. The van der Waals surface area contributed by atoms with Gasteiger partial charge in [0, 0.05) is 12.5 Å². The van der Waals surface area contributed by atoms with Gasteiger partial charge in [0.05, 0.1) is 6.42 Å². The largest absolute Gasteiger partial charge is 0.481 e. The monoisotopic (exact) mass is 201 g/mol. The Hall–Kier alpha value is -1.06. The Labute approximate surface area is 84.7 Å². The number of carbonyl (C=O) groups excluding carboxylic acids is 1. The molecule has 0 radical (unpaired) electrons. The van der Waals surface area contributed by atoms with Crippen molar-refractivity contribution >= 4 is 11.9 Å². The van der Waals surface area contributed by atoms with E-state index >= 15 is 0 Å². The number of hydrogen-bond acceptors (Lipinski definition) is 2. The summed E-state index contributed by atoms with van der Waals surface area (Å²) in [7, 11) is 0. The van der Waals surface area contributed by atoms with E-state index in [-0.39, 0.29) is 18.4 Å². The molecule has 0 saturated heterocycles. The Morgan fingerprint density at radius 3 is 2.29 bits per heavy atom. The molecule has 0 aromatic carbocycles. The lowest BCUT2D eigenvalue weighted by atomic mass is 10.1. The molecule has 4 heteroatoms. The third kappa shape index (κ3) is 7.58. The second-order valence-electron chi connectivity index (χ2n) is 4.00. The van der Waals surface area contributed by atoms with Crippen LogP contribution in [0, 0.1) is 5.92 Å². The minimum absolute atomic E-state index is 0.0204. The Morgan fingerprint density at radius 1 is 1.29 bits per heavy atom. The summed E-state index contributed by atoms with van der Waals surface area (Å²) in [6, 6.07) is -0.285. The molecular weight excluding hydrogens is 182 g/mol. The molecule has 0 saturated carbocycles. The Kier molecular flexibility index (Phi) is 5.92. The summed E-state index contributed by atoms with van der Waals surface area (Å²) in [5.74, 6) is -0.454. The van der Waals surface area contributed by atoms with Gasteiger partial charge in [-0.1, -0.05) is 13.8 Å². The van der Waals surface area contributed by atoms with Crippen LogP contribution in [0.25, 0.3) is 0 Å². The molecule has 0 aliphatic carbocycles. The molecule has 0 heterocycles. The van der Waals surface area contributed by atoms with Gasteiger partial charge in [-0.2, -0.15) is 0 Å². The van der Waals surface area contributed by atoms with E-state index in [1.165, 1.54) is 0 Å². The number of carboxylic acids is 1. The van der Waals surface area contributed by atoms with Crippen LogP contribution in [0.15, 0.2) is 0 Å². The van der Waals surface area contributed by atoms with Gasteiger partial charge in [0.2, 0.25) is 5.91 Å². The molecule has 0 aromatic heterocycles. The van der Waals surface area contributed by atoms with Crippen molar-refractivity contribution in [2.45, 2.75) is 46.1 Å². The number of hydrogen-bond donors (Lipinski definition) is 2. The Bertz CT molecular complexity index is 202. The summed E-state index contributed by atoms with van der Waals surface area (Å²) in [6.45, 7) is 5.79. The van der Waals surface area contributed by atoms with Gasteiger partial charge in [-0.15, -0.1) is 0 Å². The molecule has 0 aliphatic rings. The van der Waals surface area contributed by atoms with E-state index < -0.39 is 5.97 Å². The molecule has 0 bridgehead atoms. The van der Waals surface area contributed by atoms with Gasteiger partial charge in [0.1, 0.15) is 0 Å². The lowest BCUT2D eigenvalue weighted by Gasteiger charge is -2.11. The van der Waals surface area contributed by atoms with Crippen LogP contribution in [0.5, 0.6) is 0 Å². The van der Waals surface area contributed by atoms with E-state index in [0.29, 0.717) is 12.3 Å². The number of nitrogens with one attached hydrogen (secondary N) is 1. The van der Waals surface area contributed by atoms with Gasteiger partial charge in [-0.3, -0.25) is 9.59 Å². The fourth-order valence-corrected chi connectivity index (χ4v) is 1.08. The molecule has 14 heavy (non-hydrogen) atoms. The van der Waals surface area contributed by atoms with Crippen LogP contribution < -0.4 is 5.32 Å². The van der Waals surface area contributed by atoms with Gasteiger partial charge in [0.15, 0.2) is 0 Å². The van der Waals surface area contributed by atoms with Crippen molar-refractivity contribution in [3.8, 4) is 0 Å². The Balaban J connectivity index is 3.66. The van der Waals surface area contributed by atoms with Crippen molar-refractivity contribution in [2.75, 3.05) is 0 Å². The molecule has 0 spiro atoms. The molecule has 1 amide bonds. The third-order valence-electron chi connectivity index (χ3n) is 1.84. The van der Waals surface area contributed by atoms with Gasteiger partial charge >= 0.3 is 5.97 Å². The van der Waals surface area contributed by atoms with Gasteiger partial charge in [-0.05, 0) is 19.3 Å². The summed E-state index contributed by atoms with van der Waals surface area (Å²) >= 11 is 0. The summed E-state index contributed by atoms with van der Waals surface area (Å²) in [5, 5.41) is 11.1. The highest BCUT2D eigenvalue weighted by Gasteiger charge is 2.10. The normalized spacial score (nSPS) is 12.6. The predicted octanol–water partition coefficient (Wildman–Crippen LogP) is 1.40. The number of carbonyl (C=O) groups is 2. The zero-order valence-electron chi connectivity index (χ0n) is 9.04. The van der Waals surface area contributed by atoms with Gasteiger partial charge in [-0.25, -0.2) is 0 Å². The first kappa shape index (κ1) is 12.9. The molecule has 1 unspecified atom stereocenters. The van der Waals surface area contributed by atoms with Crippen LogP contribution in [-0.2, 0) is 9.59 Å². The fourth-order valence-electron chi connectivity index (χ4n) is 1.08. The van der Waals surface area contributed by atoms with E-state index in [4.69, 9.17) is 5.11 Å². The molecule has 2 N–H and O–H groups in total. The summed E-state index contributed by atoms with van der Waals surface area (Å²) in [4.78, 5) is 21.5. The van der Waals surface area contributed by atoms with Crippen molar-refractivity contribution in [3.05, 3.63) is 0 Å². The zero-order chi connectivity index (χ0) is 11.1. The standard InChI is InChI=1S/C10H19NO3/c1-7(2)4-5-9(12)11-8(3)6-10(13)14/h7-8H,4-6H2,1-3H3,(H,11,12)(H,13,14). The summed E-state index contributed by atoms with van der Waals surface area (Å²) in [5.41, 5.74) is 0. The maximum atomic E-state index is 11.2. The van der Waals surface area contributed by atoms with Crippen LogP contribution in [0.2, 0.25) is 0 Å². The van der Waals surface area contributed by atoms with Crippen LogP contribution in [-0.4, -0.2) is 23.0 Å². The number of amides is 1.